The lowest BCUT2D eigenvalue weighted by molar-refractivity contribution is -0.181. The van der Waals surface area contributed by atoms with Gasteiger partial charge in [-0.15, -0.1) is 0 Å². The van der Waals surface area contributed by atoms with Gasteiger partial charge < -0.3 is 33.9 Å². The number of unbranched alkanes of at least 4 members (excludes halogenated alkanes) is 10. The van der Waals surface area contributed by atoms with E-state index >= 15 is 0 Å². The third-order valence-electron chi connectivity index (χ3n) is 7.15. The lowest BCUT2D eigenvalue weighted by Gasteiger charge is -2.19. The predicted molar refractivity (Wildman–Crippen MR) is 169 cm³/mol. The summed E-state index contributed by atoms with van der Waals surface area (Å²) >= 11 is 0. The molecule has 42 heavy (non-hydrogen) atoms. The Morgan fingerprint density at radius 1 is 0.738 bits per heavy atom. The quantitative estimate of drug-likeness (QED) is 0.100. The summed E-state index contributed by atoms with van der Waals surface area (Å²) < 4.78 is 22.9. The van der Waals surface area contributed by atoms with E-state index in [-0.39, 0.29) is 24.6 Å². The SMILES string of the molecule is CCCCCCCCO.CCCCCCCCO[C@@H]1C[C@H](OC(=O)CCCN(C)C)O[C@@H]1COC(=O)CCCN(C)C. The lowest BCUT2D eigenvalue weighted by atomic mass is 10.1. The molecule has 1 aliphatic heterocycles. The second kappa shape index (κ2) is 28.5. The van der Waals surface area contributed by atoms with Crippen molar-refractivity contribution in [3.05, 3.63) is 0 Å². The van der Waals surface area contributed by atoms with E-state index in [1.54, 1.807) is 0 Å². The molecule has 0 spiro atoms. The summed E-state index contributed by atoms with van der Waals surface area (Å²) in [5.74, 6) is -0.503. The largest absolute Gasteiger partial charge is 0.463 e. The molecule has 9 heteroatoms. The Morgan fingerprint density at radius 3 is 1.81 bits per heavy atom. The van der Waals surface area contributed by atoms with Gasteiger partial charge in [-0.05, 0) is 67.0 Å². The zero-order chi connectivity index (χ0) is 31.4. The van der Waals surface area contributed by atoms with Crippen LogP contribution in [0.1, 0.15) is 123 Å². The van der Waals surface area contributed by atoms with Gasteiger partial charge >= 0.3 is 11.9 Å². The number of ether oxygens (including phenoxy) is 4. The van der Waals surface area contributed by atoms with Gasteiger partial charge in [0, 0.05) is 32.5 Å². The third kappa shape index (κ3) is 25.3. The number of hydrogen-bond acceptors (Lipinski definition) is 9. The van der Waals surface area contributed by atoms with Crippen LogP contribution in [0.3, 0.4) is 0 Å². The molecule has 0 amide bonds. The summed E-state index contributed by atoms with van der Waals surface area (Å²) in [5.41, 5.74) is 0. The molecule has 0 unspecified atom stereocenters. The second-order valence-corrected chi connectivity index (χ2v) is 12.0. The van der Waals surface area contributed by atoms with Crippen molar-refractivity contribution >= 4 is 11.9 Å². The van der Waals surface area contributed by atoms with E-state index < -0.39 is 12.4 Å². The Labute approximate surface area is 258 Å². The van der Waals surface area contributed by atoms with Crippen LogP contribution in [-0.2, 0) is 28.5 Å². The summed E-state index contributed by atoms with van der Waals surface area (Å²) in [6.45, 7) is 7.22. The van der Waals surface area contributed by atoms with Crippen molar-refractivity contribution in [1.82, 2.24) is 9.80 Å². The zero-order valence-corrected chi connectivity index (χ0v) is 28.1. The molecule has 1 saturated heterocycles. The highest BCUT2D eigenvalue weighted by Crippen LogP contribution is 2.26. The molecular formula is C33H66N2O7. The molecule has 1 heterocycles. The number of carbonyl (C=O) groups is 2. The normalized spacial score (nSPS) is 18.3. The van der Waals surface area contributed by atoms with Crippen molar-refractivity contribution in [2.75, 3.05) is 61.1 Å². The maximum absolute atomic E-state index is 12.2. The minimum absolute atomic E-state index is 0.122. The van der Waals surface area contributed by atoms with Crippen molar-refractivity contribution in [3.8, 4) is 0 Å². The molecule has 0 bridgehead atoms. The molecule has 0 aromatic rings. The molecule has 250 valence electrons. The minimum Gasteiger partial charge on any atom is -0.463 e. The van der Waals surface area contributed by atoms with Gasteiger partial charge in [-0.1, -0.05) is 78.1 Å². The Morgan fingerprint density at radius 2 is 1.26 bits per heavy atom. The Hall–Kier alpha value is -1.26. The highest BCUT2D eigenvalue weighted by Gasteiger charge is 2.39. The van der Waals surface area contributed by atoms with Crippen LogP contribution in [0.5, 0.6) is 0 Å². The number of nitrogens with zero attached hydrogens (tertiary/aromatic N) is 2. The summed E-state index contributed by atoms with van der Waals surface area (Å²) in [6.07, 6.45) is 16.0. The number of carbonyl (C=O) groups excluding carboxylic acids is 2. The van der Waals surface area contributed by atoms with Crippen LogP contribution in [-0.4, -0.2) is 106 Å². The van der Waals surface area contributed by atoms with E-state index in [1.165, 1.54) is 57.8 Å². The standard InChI is InChI=1S/C25H48N2O6.C8H18O/c1-6-7-8-9-10-11-18-30-21-19-25(33-24(29)15-13-17-27(4)5)32-22(21)20-31-23(28)14-12-16-26(2)3;1-2-3-4-5-6-7-8-9/h21-22,25H,6-20H2,1-5H3;9H,2-8H2,1H3/t21-,22-,25+;/m1./s1. The molecule has 0 aromatic heterocycles. The molecule has 0 aromatic carbocycles. The number of aliphatic hydroxyl groups is 1. The van der Waals surface area contributed by atoms with Gasteiger partial charge in [-0.2, -0.15) is 0 Å². The molecule has 0 radical (unpaired) electrons. The van der Waals surface area contributed by atoms with E-state index in [0.717, 1.165) is 45.2 Å². The Balaban J connectivity index is 0.00000160. The molecular weight excluding hydrogens is 536 g/mol. The maximum Gasteiger partial charge on any atom is 0.308 e. The van der Waals surface area contributed by atoms with Crippen LogP contribution in [0.4, 0.5) is 0 Å². The van der Waals surface area contributed by atoms with Crippen LogP contribution < -0.4 is 0 Å². The van der Waals surface area contributed by atoms with Gasteiger partial charge in [0.1, 0.15) is 12.7 Å². The van der Waals surface area contributed by atoms with Gasteiger partial charge in [0.25, 0.3) is 0 Å². The lowest BCUT2D eigenvalue weighted by Crippen LogP contribution is -2.31. The molecule has 0 saturated carbocycles. The Kier molecular flexibility index (Phi) is 27.7. The fourth-order valence-electron chi connectivity index (χ4n) is 4.62. The minimum atomic E-state index is -0.649. The van der Waals surface area contributed by atoms with Crippen molar-refractivity contribution in [2.24, 2.45) is 0 Å². The van der Waals surface area contributed by atoms with E-state index in [1.807, 2.05) is 38.0 Å². The molecule has 1 aliphatic rings. The number of hydrogen-bond donors (Lipinski definition) is 1. The van der Waals surface area contributed by atoms with Gasteiger partial charge in [0.05, 0.1) is 6.10 Å². The molecule has 3 atom stereocenters. The van der Waals surface area contributed by atoms with Gasteiger partial charge in [-0.3, -0.25) is 9.59 Å². The molecule has 0 aliphatic carbocycles. The van der Waals surface area contributed by atoms with E-state index in [4.69, 9.17) is 24.1 Å². The number of rotatable bonds is 25. The predicted octanol–water partition coefficient (Wildman–Crippen LogP) is 5.96. The summed E-state index contributed by atoms with van der Waals surface area (Å²) in [6, 6.07) is 0. The highest BCUT2D eigenvalue weighted by atomic mass is 16.7. The first-order chi connectivity index (χ1) is 20.2. The smallest absolute Gasteiger partial charge is 0.308 e. The topological polar surface area (TPSA) is 97.8 Å². The fraction of sp³-hybridized carbons (Fsp3) is 0.939. The van der Waals surface area contributed by atoms with Crippen LogP contribution >= 0.6 is 0 Å². The first kappa shape index (κ1) is 40.7. The van der Waals surface area contributed by atoms with Crippen LogP contribution in [0.2, 0.25) is 0 Å². The van der Waals surface area contributed by atoms with Crippen LogP contribution in [0, 0.1) is 0 Å². The number of aliphatic hydroxyl groups excluding tert-OH is 1. The average molecular weight is 603 g/mol. The first-order valence-electron chi connectivity index (χ1n) is 16.8. The van der Waals surface area contributed by atoms with Crippen LogP contribution in [0.25, 0.3) is 0 Å². The highest BCUT2D eigenvalue weighted by molar-refractivity contribution is 5.69. The van der Waals surface area contributed by atoms with E-state index in [9.17, 15) is 9.59 Å². The average Bonchev–Trinajstić information content (AvgIpc) is 3.32. The summed E-state index contributed by atoms with van der Waals surface area (Å²) in [4.78, 5) is 28.3. The van der Waals surface area contributed by atoms with Crippen molar-refractivity contribution in [2.45, 2.75) is 141 Å². The fourth-order valence-corrected chi connectivity index (χ4v) is 4.62. The van der Waals surface area contributed by atoms with Crippen molar-refractivity contribution < 1.29 is 33.6 Å². The van der Waals surface area contributed by atoms with Crippen molar-refractivity contribution in [1.29, 1.82) is 0 Å². The van der Waals surface area contributed by atoms with Gasteiger partial charge in [0.2, 0.25) is 6.29 Å². The monoisotopic (exact) mass is 602 g/mol. The molecule has 1 rings (SSSR count). The number of esters is 2. The summed E-state index contributed by atoms with van der Waals surface area (Å²) in [5, 5.41) is 8.42. The molecule has 1 N–H and O–H groups in total. The van der Waals surface area contributed by atoms with Gasteiger partial charge in [-0.25, -0.2) is 0 Å². The molecule has 1 fully saturated rings. The zero-order valence-electron chi connectivity index (χ0n) is 28.1. The van der Waals surface area contributed by atoms with E-state index in [0.29, 0.717) is 32.5 Å². The molecule has 9 nitrogen and oxygen atoms in total. The van der Waals surface area contributed by atoms with E-state index in [2.05, 4.69) is 13.8 Å². The second-order valence-electron chi connectivity index (χ2n) is 12.0. The van der Waals surface area contributed by atoms with Crippen LogP contribution in [0.15, 0.2) is 0 Å². The Bertz CT molecular complexity index is 628. The van der Waals surface area contributed by atoms with Crippen molar-refractivity contribution in [3.63, 3.8) is 0 Å². The third-order valence-corrected chi connectivity index (χ3v) is 7.15. The first-order valence-corrected chi connectivity index (χ1v) is 16.8. The summed E-state index contributed by atoms with van der Waals surface area (Å²) in [7, 11) is 7.91. The maximum atomic E-state index is 12.2. The van der Waals surface area contributed by atoms with Gasteiger partial charge in [0.15, 0.2) is 0 Å².